The molecule has 0 fully saturated rings. The van der Waals surface area contributed by atoms with Crippen LogP contribution in [-0.4, -0.2) is 10.1 Å². The van der Waals surface area contributed by atoms with Crippen LogP contribution in [0.2, 0.25) is 0 Å². The van der Waals surface area contributed by atoms with Crippen LogP contribution >= 0.6 is 11.3 Å². The molecule has 0 saturated carbocycles. The Balaban J connectivity index is 2.39. The van der Waals surface area contributed by atoms with Crippen molar-refractivity contribution in [3.05, 3.63) is 51.5 Å². The van der Waals surface area contributed by atoms with Crippen LogP contribution in [0.4, 0.5) is 0 Å². The molecule has 2 aromatic rings. The Bertz CT molecular complexity index is 478. The number of rotatable bonds is 3. The van der Waals surface area contributed by atoms with Crippen LogP contribution in [0.3, 0.4) is 0 Å². The number of nitrogens with zero attached hydrogens (tertiary/aromatic N) is 1. The molecule has 1 N–H and O–H groups in total. The maximum absolute atomic E-state index is 10.3. The first-order valence-electron chi connectivity index (χ1n) is 5.39. The van der Waals surface area contributed by atoms with Crippen LogP contribution < -0.4 is 0 Å². The smallest absolute Gasteiger partial charge is 0.115 e. The molecule has 0 spiro atoms. The Labute approximate surface area is 99.6 Å². The van der Waals surface area contributed by atoms with Gasteiger partial charge in [-0.15, -0.1) is 11.3 Å². The molecule has 2 nitrogen and oxygen atoms in total. The molecular weight excluding hydrogens is 218 g/mol. The van der Waals surface area contributed by atoms with E-state index in [-0.39, 0.29) is 0 Å². The molecule has 0 aromatic carbocycles. The van der Waals surface area contributed by atoms with Crippen molar-refractivity contribution in [2.24, 2.45) is 0 Å². The van der Waals surface area contributed by atoms with Crippen molar-refractivity contribution < 1.29 is 5.11 Å². The SMILES string of the molecule is CCc1ccsc1C(O)c1cnccc1C. The summed E-state index contributed by atoms with van der Waals surface area (Å²) in [6.45, 7) is 4.10. The second-order valence-electron chi connectivity index (χ2n) is 3.80. The molecule has 84 valence electrons. The summed E-state index contributed by atoms with van der Waals surface area (Å²) in [4.78, 5) is 5.12. The number of aryl methyl sites for hydroxylation is 2. The summed E-state index contributed by atoms with van der Waals surface area (Å²) in [5.74, 6) is 0. The minimum atomic E-state index is -0.538. The fraction of sp³-hybridized carbons (Fsp3) is 0.308. The largest absolute Gasteiger partial charge is 0.383 e. The van der Waals surface area contributed by atoms with Gasteiger partial charge in [0.1, 0.15) is 6.10 Å². The molecule has 0 aliphatic rings. The summed E-state index contributed by atoms with van der Waals surface area (Å²) in [5, 5.41) is 12.4. The molecule has 0 saturated heterocycles. The van der Waals surface area contributed by atoms with Crippen molar-refractivity contribution in [1.82, 2.24) is 4.98 Å². The van der Waals surface area contributed by atoms with E-state index in [1.807, 2.05) is 18.4 Å². The average Bonchev–Trinajstić information content (AvgIpc) is 2.77. The van der Waals surface area contributed by atoms with Crippen LogP contribution in [0.5, 0.6) is 0 Å². The molecular formula is C13H15NOS. The molecule has 0 radical (unpaired) electrons. The van der Waals surface area contributed by atoms with E-state index >= 15 is 0 Å². The zero-order valence-electron chi connectivity index (χ0n) is 9.47. The van der Waals surface area contributed by atoms with E-state index in [0.717, 1.165) is 22.4 Å². The molecule has 0 aliphatic heterocycles. The first-order chi connectivity index (χ1) is 7.74. The lowest BCUT2D eigenvalue weighted by atomic mass is 10.0. The molecule has 1 atom stereocenters. The van der Waals surface area contributed by atoms with Crippen molar-refractivity contribution >= 4 is 11.3 Å². The second kappa shape index (κ2) is 4.76. The van der Waals surface area contributed by atoms with E-state index in [2.05, 4.69) is 18.0 Å². The maximum Gasteiger partial charge on any atom is 0.115 e. The van der Waals surface area contributed by atoms with E-state index in [1.165, 1.54) is 5.56 Å². The van der Waals surface area contributed by atoms with Gasteiger partial charge in [-0.25, -0.2) is 0 Å². The monoisotopic (exact) mass is 233 g/mol. The summed E-state index contributed by atoms with van der Waals surface area (Å²) < 4.78 is 0. The molecule has 0 bridgehead atoms. The first-order valence-corrected chi connectivity index (χ1v) is 6.26. The predicted octanol–water partition coefficient (Wildman–Crippen LogP) is 3.10. The predicted molar refractivity (Wildman–Crippen MR) is 66.7 cm³/mol. The van der Waals surface area contributed by atoms with Crippen LogP contribution in [0, 0.1) is 6.92 Å². The Hall–Kier alpha value is -1.19. The minimum absolute atomic E-state index is 0.538. The Morgan fingerprint density at radius 3 is 2.94 bits per heavy atom. The van der Waals surface area contributed by atoms with E-state index in [4.69, 9.17) is 0 Å². The Morgan fingerprint density at radius 1 is 1.44 bits per heavy atom. The van der Waals surface area contributed by atoms with E-state index in [0.29, 0.717) is 0 Å². The standard InChI is InChI=1S/C13H15NOS/c1-3-10-5-7-16-13(10)12(15)11-8-14-6-4-9(11)2/h4-8,12,15H,3H2,1-2H3. The van der Waals surface area contributed by atoms with Gasteiger partial charge in [-0.2, -0.15) is 0 Å². The van der Waals surface area contributed by atoms with Crippen LogP contribution in [0.1, 0.15) is 34.6 Å². The van der Waals surface area contributed by atoms with Gasteiger partial charge in [0.15, 0.2) is 0 Å². The topological polar surface area (TPSA) is 33.1 Å². The highest BCUT2D eigenvalue weighted by Crippen LogP contribution is 2.31. The number of aliphatic hydroxyl groups is 1. The number of pyridine rings is 1. The van der Waals surface area contributed by atoms with Crippen molar-refractivity contribution in [3.63, 3.8) is 0 Å². The maximum atomic E-state index is 10.3. The zero-order chi connectivity index (χ0) is 11.5. The first kappa shape index (κ1) is 11.3. The normalized spacial score (nSPS) is 12.7. The third-order valence-corrected chi connectivity index (χ3v) is 3.80. The lowest BCUT2D eigenvalue weighted by Gasteiger charge is -2.13. The molecule has 2 aromatic heterocycles. The Morgan fingerprint density at radius 2 is 2.25 bits per heavy atom. The lowest BCUT2D eigenvalue weighted by Crippen LogP contribution is -2.02. The van der Waals surface area contributed by atoms with E-state index < -0.39 is 6.10 Å². The number of aliphatic hydroxyl groups excluding tert-OH is 1. The highest BCUT2D eigenvalue weighted by Gasteiger charge is 2.17. The molecule has 1 unspecified atom stereocenters. The molecule has 2 heterocycles. The van der Waals surface area contributed by atoms with Crippen LogP contribution in [0.15, 0.2) is 29.9 Å². The fourth-order valence-electron chi connectivity index (χ4n) is 1.78. The lowest BCUT2D eigenvalue weighted by molar-refractivity contribution is 0.222. The summed E-state index contributed by atoms with van der Waals surface area (Å²) in [7, 11) is 0. The van der Waals surface area contributed by atoms with Gasteiger partial charge in [-0.05, 0) is 42.0 Å². The minimum Gasteiger partial charge on any atom is -0.383 e. The third-order valence-electron chi connectivity index (χ3n) is 2.78. The van der Waals surface area contributed by atoms with E-state index in [1.54, 1.807) is 23.7 Å². The molecule has 2 rings (SSSR count). The van der Waals surface area contributed by atoms with Crippen molar-refractivity contribution in [3.8, 4) is 0 Å². The number of thiophene rings is 1. The van der Waals surface area contributed by atoms with Gasteiger partial charge < -0.3 is 5.11 Å². The molecule has 0 amide bonds. The molecule has 3 heteroatoms. The molecule has 16 heavy (non-hydrogen) atoms. The summed E-state index contributed by atoms with van der Waals surface area (Å²) in [5.41, 5.74) is 3.21. The van der Waals surface area contributed by atoms with E-state index in [9.17, 15) is 5.11 Å². The number of hydrogen-bond acceptors (Lipinski definition) is 3. The zero-order valence-corrected chi connectivity index (χ0v) is 10.3. The highest BCUT2D eigenvalue weighted by atomic mass is 32.1. The van der Waals surface area contributed by atoms with Crippen LogP contribution in [-0.2, 0) is 6.42 Å². The van der Waals surface area contributed by atoms with Crippen molar-refractivity contribution in [2.45, 2.75) is 26.4 Å². The van der Waals surface area contributed by atoms with Gasteiger partial charge in [-0.1, -0.05) is 6.92 Å². The quantitative estimate of drug-likeness (QED) is 0.883. The summed E-state index contributed by atoms with van der Waals surface area (Å²) in [6, 6.07) is 4.01. The average molecular weight is 233 g/mol. The van der Waals surface area contributed by atoms with Crippen LogP contribution in [0.25, 0.3) is 0 Å². The fourth-order valence-corrected chi connectivity index (χ4v) is 2.78. The third kappa shape index (κ3) is 2.01. The molecule has 0 aliphatic carbocycles. The van der Waals surface area contributed by atoms with Gasteiger partial charge in [0.05, 0.1) is 0 Å². The van der Waals surface area contributed by atoms with Gasteiger partial charge >= 0.3 is 0 Å². The number of hydrogen-bond donors (Lipinski definition) is 1. The van der Waals surface area contributed by atoms with Crippen molar-refractivity contribution in [1.29, 1.82) is 0 Å². The summed E-state index contributed by atoms with van der Waals surface area (Å²) >= 11 is 1.61. The Kier molecular flexibility index (Phi) is 3.36. The highest BCUT2D eigenvalue weighted by molar-refractivity contribution is 7.10. The number of aromatic nitrogens is 1. The second-order valence-corrected chi connectivity index (χ2v) is 4.75. The van der Waals surface area contributed by atoms with Crippen molar-refractivity contribution in [2.75, 3.05) is 0 Å². The van der Waals surface area contributed by atoms with Gasteiger partial charge in [0, 0.05) is 22.8 Å². The van der Waals surface area contributed by atoms with Gasteiger partial charge in [0.25, 0.3) is 0 Å². The van der Waals surface area contributed by atoms with Gasteiger partial charge in [0.2, 0.25) is 0 Å². The van der Waals surface area contributed by atoms with Gasteiger partial charge in [-0.3, -0.25) is 4.98 Å². The summed E-state index contributed by atoms with van der Waals surface area (Å²) in [6.07, 6.45) is 3.92.